The van der Waals surface area contributed by atoms with E-state index >= 15 is 0 Å². The second kappa shape index (κ2) is 3.25. The Bertz CT molecular complexity index is 329. The average molecular weight is 199 g/mol. The molecule has 13 heavy (non-hydrogen) atoms. The van der Waals surface area contributed by atoms with E-state index in [-0.39, 0.29) is 6.04 Å². The maximum Gasteiger partial charge on any atom is 0.129 e. The summed E-state index contributed by atoms with van der Waals surface area (Å²) in [7, 11) is 0. The van der Waals surface area contributed by atoms with Crippen molar-refractivity contribution in [3.63, 3.8) is 0 Å². The number of aliphatic hydroxyl groups excluding tert-OH is 1. The Kier molecular flexibility index (Phi) is 2.24. The molecule has 0 radical (unpaired) electrons. The highest BCUT2D eigenvalue weighted by Gasteiger charge is 2.25. The van der Waals surface area contributed by atoms with Gasteiger partial charge in [-0.15, -0.1) is 0 Å². The van der Waals surface area contributed by atoms with E-state index < -0.39 is 6.10 Å². The van der Waals surface area contributed by atoms with Crippen molar-refractivity contribution in [2.45, 2.75) is 25.0 Å². The Morgan fingerprint density at radius 2 is 2.31 bits per heavy atom. The van der Waals surface area contributed by atoms with Gasteiger partial charge in [0.05, 0.1) is 12.1 Å². The van der Waals surface area contributed by atoms with Gasteiger partial charge in [0, 0.05) is 5.69 Å². The van der Waals surface area contributed by atoms with Crippen LogP contribution in [0.5, 0.6) is 0 Å². The Balaban J connectivity index is 2.44. The van der Waals surface area contributed by atoms with Gasteiger partial charge in [0.15, 0.2) is 0 Å². The zero-order valence-corrected chi connectivity index (χ0v) is 7.83. The molecular formula is C9H11ClN2O. The number of hydrogen-bond donors (Lipinski definition) is 2. The Morgan fingerprint density at radius 1 is 1.54 bits per heavy atom. The van der Waals surface area contributed by atoms with Crippen molar-refractivity contribution in [3.8, 4) is 0 Å². The van der Waals surface area contributed by atoms with Gasteiger partial charge in [-0.25, -0.2) is 4.98 Å². The number of pyridine rings is 1. The van der Waals surface area contributed by atoms with Crippen LogP contribution in [-0.2, 0) is 6.42 Å². The van der Waals surface area contributed by atoms with Gasteiger partial charge in [0.1, 0.15) is 5.15 Å². The molecule has 0 amide bonds. The number of aryl methyl sites for hydroxylation is 1. The van der Waals surface area contributed by atoms with Crippen LogP contribution < -0.4 is 5.73 Å². The molecule has 1 aromatic heterocycles. The molecule has 0 bridgehead atoms. The lowest BCUT2D eigenvalue weighted by Crippen LogP contribution is -2.31. The molecule has 0 fully saturated rings. The summed E-state index contributed by atoms with van der Waals surface area (Å²) in [5, 5.41) is 10.00. The van der Waals surface area contributed by atoms with Crippen molar-refractivity contribution in [2.75, 3.05) is 0 Å². The fraction of sp³-hybridized carbons (Fsp3) is 0.444. The largest absolute Gasteiger partial charge is 0.391 e. The molecule has 1 aliphatic carbocycles. The Labute approximate surface area is 81.5 Å². The van der Waals surface area contributed by atoms with E-state index in [1.165, 1.54) is 0 Å². The normalized spacial score (nSPS) is 27.0. The first-order valence-corrected chi connectivity index (χ1v) is 4.65. The number of nitrogens with two attached hydrogens (primary N) is 1. The van der Waals surface area contributed by atoms with Crippen molar-refractivity contribution in [3.05, 3.63) is 28.5 Å². The minimum Gasteiger partial charge on any atom is -0.391 e. The van der Waals surface area contributed by atoms with E-state index in [0.29, 0.717) is 11.6 Å². The summed E-state index contributed by atoms with van der Waals surface area (Å²) < 4.78 is 0. The highest BCUT2D eigenvalue weighted by molar-refractivity contribution is 6.29. The van der Waals surface area contributed by atoms with E-state index in [1.54, 1.807) is 6.07 Å². The molecule has 1 heterocycles. The maximum atomic E-state index is 9.51. The zero-order valence-electron chi connectivity index (χ0n) is 7.07. The number of rotatable bonds is 0. The molecular weight excluding hydrogens is 188 g/mol. The SMILES string of the molecule is N[C@H]1c2ccc(Cl)nc2CC[C@H]1O. The Morgan fingerprint density at radius 3 is 3.08 bits per heavy atom. The molecule has 0 spiro atoms. The van der Waals surface area contributed by atoms with Gasteiger partial charge in [-0.3, -0.25) is 0 Å². The summed E-state index contributed by atoms with van der Waals surface area (Å²) >= 11 is 5.75. The summed E-state index contributed by atoms with van der Waals surface area (Å²) in [5.41, 5.74) is 7.65. The lowest BCUT2D eigenvalue weighted by atomic mass is 9.90. The van der Waals surface area contributed by atoms with Crippen molar-refractivity contribution in [2.24, 2.45) is 5.73 Å². The second-order valence-electron chi connectivity index (χ2n) is 3.30. The van der Waals surface area contributed by atoms with Gasteiger partial charge in [-0.2, -0.15) is 0 Å². The first kappa shape index (κ1) is 8.94. The predicted molar refractivity (Wildman–Crippen MR) is 50.5 cm³/mol. The molecule has 0 aromatic carbocycles. The van der Waals surface area contributed by atoms with Gasteiger partial charge >= 0.3 is 0 Å². The third kappa shape index (κ3) is 1.55. The highest BCUT2D eigenvalue weighted by Crippen LogP contribution is 2.27. The van der Waals surface area contributed by atoms with Gasteiger partial charge in [0.25, 0.3) is 0 Å². The van der Waals surface area contributed by atoms with Gasteiger partial charge in [0.2, 0.25) is 0 Å². The number of hydrogen-bond acceptors (Lipinski definition) is 3. The average Bonchev–Trinajstić information content (AvgIpc) is 2.12. The van der Waals surface area contributed by atoms with Crippen LogP contribution in [0.4, 0.5) is 0 Å². The number of nitrogens with zero attached hydrogens (tertiary/aromatic N) is 1. The van der Waals surface area contributed by atoms with Crippen LogP contribution in [0.1, 0.15) is 23.7 Å². The van der Waals surface area contributed by atoms with Crippen LogP contribution in [0.25, 0.3) is 0 Å². The summed E-state index contributed by atoms with van der Waals surface area (Å²) in [5.74, 6) is 0. The monoisotopic (exact) mass is 198 g/mol. The maximum absolute atomic E-state index is 9.51. The first-order valence-electron chi connectivity index (χ1n) is 4.27. The minimum atomic E-state index is -0.449. The lowest BCUT2D eigenvalue weighted by Gasteiger charge is -2.26. The van der Waals surface area contributed by atoms with Gasteiger partial charge in [-0.1, -0.05) is 17.7 Å². The van der Waals surface area contributed by atoms with Crippen LogP contribution in [0, 0.1) is 0 Å². The molecule has 3 N–H and O–H groups in total. The van der Waals surface area contributed by atoms with E-state index in [2.05, 4.69) is 4.98 Å². The fourth-order valence-electron chi connectivity index (χ4n) is 1.66. The fourth-order valence-corrected chi connectivity index (χ4v) is 1.83. The summed E-state index contributed by atoms with van der Waals surface area (Å²) in [4.78, 5) is 4.17. The summed E-state index contributed by atoms with van der Waals surface area (Å²) in [6, 6.07) is 3.24. The smallest absolute Gasteiger partial charge is 0.129 e. The van der Waals surface area contributed by atoms with Crippen LogP contribution in [0.3, 0.4) is 0 Å². The standard InChI is InChI=1S/C9H11ClN2O/c10-8-4-1-5-6(12-8)2-3-7(13)9(5)11/h1,4,7,9,13H,2-3,11H2/t7-,9+/m1/s1. The highest BCUT2D eigenvalue weighted by atomic mass is 35.5. The topological polar surface area (TPSA) is 59.1 Å². The minimum absolute atomic E-state index is 0.312. The Hall–Kier alpha value is -0.640. The van der Waals surface area contributed by atoms with Crippen molar-refractivity contribution in [1.82, 2.24) is 4.98 Å². The van der Waals surface area contributed by atoms with Crippen LogP contribution in [0.2, 0.25) is 5.15 Å². The van der Waals surface area contributed by atoms with Crippen molar-refractivity contribution >= 4 is 11.6 Å². The third-order valence-electron chi connectivity index (χ3n) is 2.43. The molecule has 0 unspecified atom stereocenters. The molecule has 0 saturated carbocycles. The van der Waals surface area contributed by atoms with Gasteiger partial charge < -0.3 is 10.8 Å². The lowest BCUT2D eigenvalue weighted by molar-refractivity contribution is 0.127. The van der Waals surface area contributed by atoms with Crippen molar-refractivity contribution < 1.29 is 5.11 Å². The number of fused-ring (bicyclic) bond motifs is 1. The van der Waals surface area contributed by atoms with Gasteiger partial charge in [-0.05, 0) is 24.5 Å². The zero-order chi connectivity index (χ0) is 9.42. The molecule has 1 aliphatic rings. The quantitative estimate of drug-likeness (QED) is 0.613. The van der Waals surface area contributed by atoms with Crippen LogP contribution in [0.15, 0.2) is 12.1 Å². The molecule has 0 aliphatic heterocycles. The molecule has 2 rings (SSSR count). The van der Waals surface area contributed by atoms with E-state index in [1.807, 2.05) is 6.07 Å². The molecule has 4 heteroatoms. The van der Waals surface area contributed by atoms with E-state index in [4.69, 9.17) is 17.3 Å². The third-order valence-corrected chi connectivity index (χ3v) is 2.64. The van der Waals surface area contributed by atoms with Crippen molar-refractivity contribution in [1.29, 1.82) is 0 Å². The molecule has 1 aromatic rings. The molecule has 70 valence electrons. The van der Waals surface area contributed by atoms with Crippen LogP contribution in [-0.4, -0.2) is 16.2 Å². The van der Waals surface area contributed by atoms with E-state index in [9.17, 15) is 5.11 Å². The number of aromatic nitrogens is 1. The molecule has 3 nitrogen and oxygen atoms in total. The summed E-state index contributed by atoms with van der Waals surface area (Å²) in [6.07, 6.45) is 0.974. The van der Waals surface area contributed by atoms with Crippen LogP contribution >= 0.6 is 11.6 Å². The second-order valence-corrected chi connectivity index (χ2v) is 3.69. The number of halogens is 1. The molecule has 2 atom stereocenters. The number of aliphatic hydroxyl groups is 1. The van der Waals surface area contributed by atoms with E-state index in [0.717, 1.165) is 17.7 Å². The predicted octanol–water partition coefficient (Wildman–Crippen LogP) is 1.04. The first-order chi connectivity index (χ1) is 6.18. The molecule has 0 saturated heterocycles. The summed E-state index contributed by atoms with van der Waals surface area (Å²) in [6.45, 7) is 0.